The molecule has 1 atom stereocenters. The van der Waals surface area contributed by atoms with Crippen LogP contribution in [0.3, 0.4) is 0 Å². The number of aliphatic hydroxyl groups is 1. The lowest BCUT2D eigenvalue weighted by molar-refractivity contribution is 0.102. The summed E-state index contributed by atoms with van der Waals surface area (Å²) in [5.74, 6) is -0.407. The van der Waals surface area contributed by atoms with Crippen molar-refractivity contribution in [1.82, 2.24) is 0 Å². The maximum atomic E-state index is 12.6. The van der Waals surface area contributed by atoms with E-state index in [9.17, 15) is 9.90 Å². The molecule has 2 N–H and O–H groups in total. The first-order chi connectivity index (χ1) is 12.5. The minimum absolute atomic E-state index is 0.245. The van der Waals surface area contributed by atoms with E-state index in [4.69, 9.17) is 34.8 Å². The lowest BCUT2D eigenvalue weighted by Crippen LogP contribution is -2.15. The van der Waals surface area contributed by atoms with E-state index in [2.05, 4.69) is 5.32 Å². The fourth-order valence-corrected chi connectivity index (χ4v) is 3.23. The van der Waals surface area contributed by atoms with Gasteiger partial charge in [0.25, 0.3) is 5.91 Å². The van der Waals surface area contributed by atoms with Gasteiger partial charge in [-0.05, 0) is 42.0 Å². The number of aliphatic hydroxyl groups excluding tert-OH is 1. The van der Waals surface area contributed by atoms with Gasteiger partial charge >= 0.3 is 0 Å². The van der Waals surface area contributed by atoms with Crippen LogP contribution in [-0.4, -0.2) is 11.0 Å². The third-order valence-corrected chi connectivity index (χ3v) is 4.63. The summed E-state index contributed by atoms with van der Waals surface area (Å²) >= 11 is 18.1. The van der Waals surface area contributed by atoms with Crippen molar-refractivity contribution in [2.75, 3.05) is 5.32 Å². The molecule has 3 aromatic carbocycles. The summed E-state index contributed by atoms with van der Waals surface area (Å²) in [6.07, 6.45) is -0.939. The number of nitrogens with one attached hydrogen (secondary N) is 1. The van der Waals surface area contributed by atoms with Gasteiger partial charge in [0.05, 0.1) is 10.6 Å². The van der Waals surface area contributed by atoms with Gasteiger partial charge in [0.1, 0.15) is 6.10 Å². The number of rotatable bonds is 4. The van der Waals surface area contributed by atoms with Crippen LogP contribution in [-0.2, 0) is 0 Å². The molecular weight excluding hydrogens is 393 g/mol. The van der Waals surface area contributed by atoms with Crippen LogP contribution in [0.5, 0.6) is 0 Å². The van der Waals surface area contributed by atoms with Gasteiger partial charge in [-0.1, -0.05) is 65.1 Å². The summed E-state index contributed by atoms with van der Waals surface area (Å²) in [5.41, 5.74) is 1.91. The van der Waals surface area contributed by atoms with Crippen LogP contribution in [0.15, 0.2) is 66.7 Å². The number of halogens is 3. The molecule has 3 rings (SSSR count). The van der Waals surface area contributed by atoms with E-state index >= 15 is 0 Å². The Morgan fingerprint density at radius 1 is 0.885 bits per heavy atom. The Hall–Kier alpha value is -2.04. The van der Waals surface area contributed by atoms with Gasteiger partial charge in [-0.25, -0.2) is 0 Å². The van der Waals surface area contributed by atoms with Gasteiger partial charge in [-0.2, -0.15) is 0 Å². The quantitative estimate of drug-likeness (QED) is 0.560. The maximum absolute atomic E-state index is 12.6. The SMILES string of the molecule is O=C(Nc1ccc(Cl)cc1[C@H](O)c1ccccc1)c1ccc(Cl)cc1Cl. The molecule has 0 aliphatic heterocycles. The smallest absolute Gasteiger partial charge is 0.257 e. The van der Waals surface area contributed by atoms with E-state index in [-0.39, 0.29) is 10.6 Å². The van der Waals surface area contributed by atoms with Crippen molar-refractivity contribution in [3.63, 3.8) is 0 Å². The van der Waals surface area contributed by atoms with Crippen LogP contribution in [0, 0.1) is 0 Å². The number of hydrogen-bond acceptors (Lipinski definition) is 2. The van der Waals surface area contributed by atoms with E-state index in [1.165, 1.54) is 6.07 Å². The average Bonchev–Trinajstić information content (AvgIpc) is 2.63. The van der Waals surface area contributed by atoms with Crippen molar-refractivity contribution in [3.8, 4) is 0 Å². The Kier molecular flexibility index (Phi) is 5.84. The molecule has 3 nitrogen and oxygen atoms in total. The van der Waals surface area contributed by atoms with E-state index in [0.29, 0.717) is 26.9 Å². The zero-order chi connectivity index (χ0) is 18.7. The monoisotopic (exact) mass is 405 g/mol. The average molecular weight is 407 g/mol. The molecule has 3 aromatic rings. The van der Waals surface area contributed by atoms with Crippen molar-refractivity contribution in [1.29, 1.82) is 0 Å². The summed E-state index contributed by atoms with van der Waals surface area (Å²) < 4.78 is 0. The van der Waals surface area contributed by atoms with Gasteiger partial charge in [-0.3, -0.25) is 4.79 Å². The third kappa shape index (κ3) is 4.19. The highest BCUT2D eigenvalue weighted by Crippen LogP contribution is 2.31. The zero-order valence-corrected chi connectivity index (χ0v) is 15.7. The number of hydrogen-bond donors (Lipinski definition) is 2. The van der Waals surface area contributed by atoms with Gasteiger partial charge < -0.3 is 10.4 Å². The molecule has 0 heterocycles. The molecule has 0 unspecified atom stereocenters. The Balaban J connectivity index is 1.94. The number of carbonyl (C=O) groups excluding carboxylic acids is 1. The molecule has 1 amide bonds. The van der Waals surface area contributed by atoms with Crippen molar-refractivity contribution in [2.45, 2.75) is 6.10 Å². The van der Waals surface area contributed by atoms with Crippen molar-refractivity contribution >= 4 is 46.4 Å². The van der Waals surface area contributed by atoms with Gasteiger partial charge in [0.15, 0.2) is 0 Å². The lowest BCUT2D eigenvalue weighted by atomic mass is 9.99. The van der Waals surface area contributed by atoms with E-state index in [1.807, 2.05) is 18.2 Å². The molecule has 0 saturated heterocycles. The second-order valence-electron chi connectivity index (χ2n) is 5.62. The molecule has 0 aliphatic rings. The van der Waals surface area contributed by atoms with Crippen LogP contribution in [0.4, 0.5) is 5.69 Å². The van der Waals surface area contributed by atoms with Gasteiger partial charge in [-0.15, -0.1) is 0 Å². The van der Waals surface area contributed by atoms with Crippen LogP contribution in [0.25, 0.3) is 0 Å². The van der Waals surface area contributed by atoms with E-state index < -0.39 is 12.0 Å². The molecule has 26 heavy (non-hydrogen) atoms. The zero-order valence-electron chi connectivity index (χ0n) is 13.4. The molecule has 0 saturated carbocycles. The third-order valence-electron chi connectivity index (χ3n) is 3.85. The van der Waals surface area contributed by atoms with Crippen molar-refractivity contribution < 1.29 is 9.90 Å². The topological polar surface area (TPSA) is 49.3 Å². The standard InChI is InChI=1S/C20H14Cl3NO2/c21-13-7-9-18(16(10-13)19(25)12-4-2-1-3-5-12)24-20(26)15-8-6-14(22)11-17(15)23/h1-11,19,25H,(H,24,26)/t19-/m1/s1. The minimum Gasteiger partial charge on any atom is -0.384 e. The second-order valence-corrected chi connectivity index (χ2v) is 6.90. The predicted octanol–water partition coefficient (Wildman–Crippen LogP) is 5.98. The first-order valence-corrected chi connectivity index (χ1v) is 8.88. The highest BCUT2D eigenvalue weighted by atomic mass is 35.5. The minimum atomic E-state index is -0.939. The summed E-state index contributed by atoms with van der Waals surface area (Å²) in [5, 5.41) is 14.6. The first kappa shape index (κ1) is 18.7. The van der Waals surface area contributed by atoms with Crippen LogP contribution in [0.2, 0.25) is 15.1 Å². The Morgan fingerprint density at radius 3 is 2.23 bits per heavy atom. The Bertz CT molecular complexity index is 945. The number of anilines is 1. The molecule has 0 fully saturated rings. The highest BCUT2D eigenvalue weighted by molar-refractivity contribution is 6.37. The summed E-state index contributed by atoms with van der Waals surface area (Å²) in [6.45, 7) is 0. The molecule has 0 aliphatic carbocycles. The lowest BCUT2D eigenvalue weighted by Gasteiger charge is -2.17. The maximum Gasteiger partial charge on any atom is 0.257 e. The first-order valence-electron chi connectivity index (χ1n) is 7.74. The van der Waals surface area contributed by atoms with E-state index in [0.717, 1.165) is 0 Å². The van der Waals surface area contributed by atoms with Gasteiger partial charge in [0, 0.05) is 21.3 Å². The molecule has 0 spiro atoms. The molecule has 0 bridgehead atoms. The molecule has 0 radical (unpaired) electrons. The predicted molar refractivity (Wildman–Crippen MR) is 106 cm³/mol. The normalized spacial score (nSPS) is 11.8. The van der Waals surface area contributed by atoms with Crippen LogP contribution in [0.1, 0.15) is 27.6 Å². The largest absolute Gasteiger partial charge is 0.384 e. The van der Waals surface area contributed by atoms with Crippen LogP contribution >= 0.6 is 34.8 Å². The summed E-state index contributed by atoms with van der Waals surface area (Å²) in [6, 6.07) is 18.7. The summed E-state index contributed by atoms with van der Waals surface area (Å²) in [4.78, 5) is 12.6. The molecular formula is C20H14Cl3NO2. The second kappa shape index (κ2) is 8.11. The molecule has 0 aromatic heterocycles. The van der Waals surface area contributed by atoms with Crippen LogP contribution < -0.4 is 5.32 Å². The Morgan fingerprint density at radius 2 is 1.54 bits per heavy atom. The molecule has 6 heteroatoms. The summed E-state index contributed by atoms with van der Waals surface area (Å²) in [7, 11) is 0. The fourth-order valence-electron chi connectivity index (χ4n) is 2.55. The van der Waals surface area contributed by atoms with Gasteiger partial charge in [0.2, 0.25) is 0 Å². The van der Waals surface area contributed by atoms with Crippen molar-refractivity contribution in [2.24, 2.45) is 0 Å². The van der Waals surface area contributed by atoms with E-state index in [1.54, 1.807) is 42.5 Å². The molecule has 132 valence electrons. The number of amides is 1. The number of benzene rings is 3. The Labute approximate surface area is 166 Å². The van der Waals surface area contributed by atoms with Crippen molar-refractivity contribution in [3.05, 3.63) is 98.5 Å². The number of carbonyl (C=O) groups is 1. The fraction of sp³-hybridized carbons (Fsp3) is 0.0500. The highest BCUT2D eigenvalue weighted by Gasteiger charge is 2.18.